The van der Waals surface area contributed by atoms with E-state index in [0.29, 0.717) is 0 Å². The number of rotatable bonds is 3. The van der Waals surface area contributed by atoms with Crippen molar-refractivity contribution in [3.8, 4) is 0 Å². The molecule has 2 atom stereocenters. The average Bonchev–Trinajstić information content (AvgIpc) is 2.56. The van der Waals surface area contributed by atoms with E-state index in [-0.39, 0.29) is 6.61 Å². The predicted octanol–water partition coefficient (Wildman–Crippen LogP) is -2.00. The molecule has 21 heavy (non-hydrogen) atoms. The lowest BCUT2D eigenvalue weighted by Gasteiger charge is -2.43. The van der Waals surface area contributed by atoms with Crippen molar-refractivity contribution >= 4 is 43.3 Å². The minimum atomic E-state index is -2.22. The van der Waals surface area contributed by atoms with E-state index in [9.17, 15) is 9.59 Å². The molecule has 0 aliphatic carbocycles. The van der Waals surface area contributed by atoms with Crippen LogP contribution in [0.25, 0.3) is 0 Å². The first-order chi connectivity index (χ1) is 9.63. The van der Waals surface area contributed by atoms with Gasteiger partial charge in [0.2, 0.25) is 5.91 Å². The van der Waals surface area contributed by atoms with Crippen LogP contribution in [0.4, 0.5) is 0 Å². The molecule has 9 heteroatoms. The molecule has 8 radical (unpaired) electrons. The first-order valence-electron chi connectivity index (χ1n) is 6.11. The topological polar surface area (TPSA) is 81.4 Å². The molecule has 1 saturated heterocycles. The van der Waals surface area contributed by atoms with E-state index < -0.39 is 28.0 Å². The minimum Gasteiger partial charge on any atom is -0.460 e. The van der Waals surface area contributed by atoms with Gasteiger partial charge in [-0.25, -0.2) is 0 Å². The van der Waals surface area contributed by atoms with Crippen LogP contribution >= 0.6 is 0 Å². The summed E-state index contributed by atoms with van der Waals surface area (Å²) in [5.74, 6) is -1.96. The van der Waals surface area contributed by atoms with Crippen molar-refractivity contribution in [3.63, 3.8) is 0 Å². The van der Waals surface area contributed by atoms with Crippen LogP contribution in [-0.2, 0) is 20.9 Å². The van der Waals surface area contributed by atoms with Gasteiger partial charge in [-0.15, -0.1) is 0 Å². The zero-order valence-corrected chi connectivity index (χ0v) is 11.2. The van der Waals surface area contributed by atoms with E-state index in [1.807, 2.05) is 6.07 Å². The fraction of sp³-hybridized carbons (Fsp3) is 0.333. The van der Waals surface area contributed by atoms with Crippen molar-refractivity contribution in [1.82, 2.24) is 5.32 Å². The number of amides is 1. The quantitative estimate of drug-likeness (QED) is 0.493. The number of carbonyl (C=O) groups is 2. The summed E-state index contributed by atoms with van der Waals surface area (Å²) >= 11 is 0. The first kappa shape index (κ1) is 15.8. The molecule has 1 heterocycles. The Labute approximate surface area is 128 Å². The van der Waals surface area contributed by atoms with Crippen LogP contribution in [0.2, 0.25) is 5.21 Å². The van der Waals surface area contributed by atoms with Crippen LogP contribution in [0.15, 0.2) is 30.3 Å². The fourth-order valence-corrected chi connectivity index (χ4v) is 1.96. The van der Waals surface area contributed by atoms with Gasteiger partial charge in [-0.2, -0.15) is 0 Å². The van der Waals surface area contributed by atoms with Gasteiger partial charge in [0.1, 0.15) is 22.3 Å². The molecule has 3 N–H and O–H groups in total. The SMILES string of the molecule is [B]C1(N)C(=O)NC([B])(C(=O)OCc2ccccc2)C1([B])[B]. The monoisotopic (exact) mass is 274 g/mol. The molecule has 0 bridgehead atoms. The summed E-state index contributed by atoms with van der Waals surface area (Å²) < 4.78 is 5.04. The summed E-state index contributed by atoms with van der Waals surface area (Å²) in [5.41, 5.74) is 1.85. The number of nitrogens with one attached hydrogen (secondary N) is 1. The lowest BCUT2D eigenvalue weighted by atomic mass is 9.32. The van der Waals surface area contributed by atoms with Crippen LogP contribution in [0, 0.1) is 0 Å². The molecule has 5 nitrogen and oxygen atoms in total. The zero-order chi connectivity index (χ0) is 15.9. The molecule has 98 valence electrons. The van der Waals surface area contributed by atoms with Gasteiger partial charge in [0.25, 0.3) is 0 Å². The van der Waals surface area contributed by atoms with Crippen LogP contribution < -0.4 is 11.1 Å². The van der Waals surface area contributed by atoms with Crippen molar-refractivity contribution in [3.05, 3.63) is 35.9 Å². The van der Waals surface area contributed by atoms with Gasteiger partial charge in [0, 0.05) is 5.44 Å². The van der Waals surface area contributed by atoms with Crippen LogP contribution in [0.1, 0.15) is 5.56 Å². The van der Waals surface area contributed by atoms with Gasteiger partial charge in [0.05, 0.1) is 21.1 Å². The second kappa shape index (κ2) is 4.98. The molecule has 2 unspecified atom stereocenters. The molecular weight excluding hydrogens is 263 g/mol. The van der Waals surface area contributed by atoms with E-state index >= 15 is 0 Å². The standard InChI is InChI=1S/C12H10B4N2O3/c13-10(17)8(19)18-11(14,12(10,15)16)9(20)21-6-7-4-2-1-3-5-7/h1-5H,6,17H2,(H,18,19). The maximum absolute atomic E-state index is 12.2. The normalized spacial score (nSPS) is 30.6. The largest absolute Gasteiger partial charge is 0.460 e. The van der Waals surface area contributed by atoms with Gasteiger partial charge in [0.15, 0.2) is 0 Å². The lowest BCUT2D eigenvalue weighted by Crippen LogP contribution is -2.62. The highest BCUT2D eigenvalue weighted by atomic mass is 16.5. The molecule has 0 saturated carbocycles. The Morgan fingerprint density at radius 2 is 1.76 bits per heavy atom. The molecule has 1 aliphatic rings. The van der Waals surface area contributed by atoms with E-state index in [4.69, 9.17) is 41.9 Å². The molecule has 1 amide bonds. The van der Waals surface area contributed by atoms with Gasteiger partial charge in [-0.1, -0.05) is 35.5 Å². The molecule has 0 spiro atoms. The third kappa shape index (κ3) is 2.29. The predicted molar refractivity (Wildman–Crippen MR) is 79.7 cm³/mol. The van der Waals surface area contributed by atoms with Gasteiger partial charge < -0.3 is 15.8 Å². The maximum atomic E-state index is 12.2. The van der Waals surface area contributed by atoms with Crippen molar-refractivity contribution in [2.75, 3.05) is 0 Å². The Morgan fingerprint density at radius 1 is 1.19 bits per heavy atom. The molecular formula is C12H10B4N2O3. The molecule has 1 aromatic rings. The smallest absolute Gasteiger partial charge is 0.321 e. The molecule has 1 aromatic carbocycles. The van der Waals surface area contributed by atoms with E-state index in [0.717, 1.165) is 5.56 Å². The third-order valence-corrected chi connectivity index (χ3v) is 3.56. The van der Waals surface area contributed by atoms with Crippen molar-refractivity contribution < 1.29 is 14.3 Å². The average molecular weight is 273 g/mol. The summed E-state index contributed by atoms with van der Waals surface area (Å²) in [4.78, 5) is 23.9. The molecule has 2 rings (SSSR count). The number of nitrogens with two attached hydrogens (primary N) is 1. The Bertz CT molecular complexity index is 579. The Balaban J connectivity index is 2.17. The van der Waals surface area contributed by atoms with Crippen LogP contribution in [-0.4, -0.2) is 54.1 Å². The van der Waals surface area contributed by atoms with Crippen molar-refractivity contribution in [2.45, 2.75) is 22.7 Å². The number of benzene rings is 1. The highest BCUT2D eigenvalue weighted by molar-refractivity contribution is 6.58. The molecule has 1 fully saturated rings. The van der Waals surface area contributed by atoms with Crippen molar-refractivity contribution in [1.29, 1.82) is 0 Å². The van der Waals surface area contributed by atoms with Crippen molar-refractivity contribution in [2.24, 2.45) is 5.73 Å². The van der Waals surface area contributed by atoms with E-state index in [1.54, 1.807) is 24.3 Å². The van der Waals surface area contributed by atoms with E-state index in [2.05, 4.69) is 5.32 Å². The van der Waals surface area contributed by atoms with Gasteiger partial charge in [-0.3, -0.25) is 9.59 Å². The summed E-state index contributed by atoms with van der Waals surface area (Å²) in [6.45, 7) is -0.0628. The Morgan fingerprint density at radius 3 is 2.24 bits per heavy atom. The number of ether oxygens (including phenoxy) is 1. The summed E-state index contributed by atoms with van der Waals surface area (Å²) in [6, 6.07) is 8.87. The van der Waals surface area contributed by atoms with E-state index in [1.165, 1.54) is 0 Å². The highest BCUT2D eigenvalue weighted by Gasteiger charge is 2.63. The maximum Gasteiger partial charge on any atom is 0.321 e. The fourth-order valence-electron chi connectivity index (χ4n) is 1.96. The molecule has 0 aromatic heterocycles. The summed E-state index contributed by atoms with van der Waals surface area (Å²) in [6.07, 6.45) is 0. The summed E-state index contributed by atoms with van der Waals surface area (Å²) in [5, 5.41) is -0.106. The Kier molecular flexibility index (Phi) is 3.74. The summed E-state index contributed by atoms with van der Waals surface area (Å²) in [7, 11) is 22.8. The number of esters is 1. The zero-order valence-electron chi connectivity index (χ0n) is 11.2. The second-order valence-electron chi connectivity index (χ2n) is 5.06. The van der Waals surface area contributed by atoms with Gasteiger partial charge in [-0.05, 0) is 5.56 Å². The number of hydrogen-bond donors (Lipinski definition) is 2. The van der Waals surface area contributed by atoms with Gasteiger partial charge >= 0.3 is 5.97 Å². The van der Waals surface area contributed by atoms with Crippen LogP contribution in [0.5, 0.6) is 0 Å². The van der Waals surface area contributed by atoms with Crippen LogP contribution in [0.3, 0.4) is 0 Å². The minimum absolute atomic E-state index is 0.0628. The second-order valence-corrected chi connectivity index (χ2v) is 5.06. The number of hydrogen-bond acceptors (Lipinski definition) is 4. The molecule has 1 aliphatic heterocycles. The third-order valence-electron chi connectivity index (χ3n) is 3.56. The lowest BCUT2D eigenvalue weighted by molar-refractivity contribution is -0.149. The number of carbonyl (C=O) groups excluding carboxylic acids is 2. The Hall–Kier alpha value is -1.62. The highest BCUT2D eigenvalue weighted by Crippen LogP contribution is 2.44. The first-order valence-corrected chi connectivity index (χ1v) is 6.11.